The molecule has 1 aromatic heterocycles. The third-order valence-electron chi connectivity index (χ3n) is 5.59. The molecule has 3 aromatic rings. The zero-order valence-corrected chi connectivity index (χ0v) is 19.1. The molecule has 4 rings (SSSR count). The Bertz CT molecular complexity index is 1210. The summed E-state index contributed by atoms with van der Waals surface area (Å²) in [5.41, 5.74) is 1.62. The number of halogens is 1. The molecule has 1 aliphatic rings. The summed E-state index contributed by atoms with van der Waals surface area (Å²) >= 11 is 0. The van der Waals surface area contributed by atoms with E-state index in [0.29, 0.717) is 43.3 Å². The number of hydrogen-bond acceptors (Lipinski definition) is 6. The van der Waals surface area contributed by atoms with Crippen molar-refractivity contribution in [3.05, 3.63) is 65.8 Å². The van der Waals surface area contributed by atoms with Crippen molar-refractivity contribution in [1.82, 2.24) is 19.3 Å². The fourth-order valence-electron chi connectivity index (χ4n) is 3.69. The lowest BCUT2D eigenvalue weighted by molar-refractivity contribution is -0.131. The Hall–Kier alpha value is -3.11. The van der Waals surface area contributed by atoms with Crippen LogP contribution in [0.15, 0.2) is 57.9 Å². The Balaban J connectivity index is 1.33. The maximum Gasteiger partial charge on any atom is 0.243 e. The van der Waals surface area contributed by atoms with Crippen molar-refractivity contribution in [3.8, 4) is 11.4 Å². The number of carbonyl (C=O) groups is 1. The molecule has 0 saturated carbocycles. The van der Waals surface area contributed by atoms with E-state index in [2.05, 4.69) is 10.1 Å². The number of hydrogen-bond donors (Lipinski definition) is 0. The molecule has 0 spiro atoms. The molecule has 0 N–H and O–H groups in total. The molecule has 0 radical (unpaired) electrons. The second-order valence-corrected chi connectivity index (χ2v) is 9.91. The number of carbonyl (C=O) groups excluding carboxylic acids is 1. The quantitative estimate of drug-likeness (QED) is 0.547. The minimum Gasteiger partial charge on any atom is -0.341 e. The van der Waals surface area contributed by atoms with E-state index in [0.717, 1.165) is 5.56 Å². The summed E-state index contributed by atoms with van der Waals surface area (Å²) in [7, 11) is -3.59. The summed E-state index contributed by atoms with van der Waals surface area (Å²) in [4.78, 5) is 18.9. The average molecular weight is 473 g/mol. The molecule has 1 fully saturated rings. The Labute approximate surface area is 192 Å². The molecular weight excluding hydrogens is 447 g/mol. The predicted molar refractivity (Wildman–Crippen MR) is 119 cm³/mol. The first kappa shape index (κ1) is 23.1. The lowest BCUT2D eigenvalue weighted by atomic mass is 10.2. The van der Waals surface area contributed by atoms with E-state index in [1.54, 1.807) is 41.3 Å². The summed E-state index contributed by atoms with van der Waals surface area (Å²) in [6.07, 6.45) is 1.01. The first-order valence-corrected chi connectivity index (χ1v) is 12.2. The Kier molecular flexibility index (Phi) is 6.85. The van der Waals surface area contributed by atoms with E-state index in [1.165, 1.54) is 16.4 Å². The minimum absolute atomic E-state index is 0.0916. The SMILES string of the molecule is Cc1ccc(S(=O)(=O)N2CCCN(C(=O)CCc3nc(-c4ccc(F)cc4)no3)CC2)cc1. The third-order valence-corrected chi connectivity index (χ3v) is 7.50. The van der Waals surface area contributed by atoms with Crippen molar-refractivity contribution in [2.24, 2.45) is 0 Å². The van der Waals surface area contributed by atoms with Crippen LogP contribution in [0.5, 0.6) is 0 Å². The number of aromatic nitrogens is 2. The number of benzene rings is 2. The van der Waals surface area contributed by atoms with Gasteiger partial charge in [0.05, 0.1) is 4.90 Å². The van der Waals surface area contributed by atoms with E-state index in [4.69, 9.17) is 4.52 Å². The molecular formula is C23H25FN4O4S. The summed E-state index contributed by atoms with van der Waals surface area (Å²) < 4.78 is 45.6. The molecule has 0 unspecified atom stereocenters. The molecule has 1 amide bonds. The monoisotopic (exact) mass is 472 g/mol. The van der Waals surface area contributed by atoms with E-state index in [-0.39, 0.29) is 36.0 Å². The predicted octanol–water partition coefficient (Wildman–Crippen LogP) is 3.04. The highest BCUT2D eigenvalue weighted by molar-refractivity contribution is 7.89. The van der Waals surface area contributed by atoms with Gasteiger partial charge in [-0.15, -0.1) is 0 Å². The lowest BCUT2D eigenvalue weighted by Gasteiger charge is -2.22. The fourth-order valence-corrected chi connectivity index (χ4v) is 5.16. The lowest BCUT2D eigenvalue weighted by Crippen LogP contribution is -2.37. The van der Waals surface area contributed by atoms with Crippen molar-refractivity contribution in [2.75, 3.05) is 26.2 Å². The molecule has 0 bridgehead atoms. The number of rotatable bonds is 6. The molecule has 2 heterocycles. The van der Waals surface area contributed by atoms with Crippen LogP contribution < -0.4 is 0 Å². The number of nitrogens with zero attached hydrogens (tertiary/aromatic N) is 4. The van der Waals surface area contributed by atoms with Crippen molar-refractivity contribution < 1.29 is 22.1 Å². The van der Waals surface area contributed by atoms with E-state index >= 15 is 0 Å². The molecule has 8 nitrogen and oxygen atoms in total. The van der Waals surface area contributed by atoms with Crippen LogP contribution in [0.25, 0.3) is 11.4 Å². The van der Waals surface area contributed by atoms with Crippen molar-refractivity contribution >= 4 is 15.9 Å². The summed E-state index contributed by atoms with van der Waals surface area (Å²) in [6.45, 7) is 3.34. The first-order chi connectivity index (χ1) is 15.8. The van der Waals surface area contributed by atoms with Gasteiger partial charge in [-0.25, -0.2) is 12.8 Å². The summed E-state index contributed by atoms with van der Waals surface area (Å²) in [5, 5.41) is 3.89. The minimum atomic E-state index is -3.59. The van der Waals surface area contributed by atoms with Gasteiger partial charge in [-0.3, -0.25) is 4.79 Å². The molecule has 1 aliphatic heterocycles. The van der Waals surface area contributed by atoms with Gasteiger partial charge in [0, 0.05) is 44.6 Å². The maximum absolute atomic E-state index is 13.1. The van der Waals surface area contributed by atoms with Crippen LogP contribution in [-0.4, -0.2) is 59.8 Å². The van der Waals surface area contributed by atoms with Gasteiger partial charge in [0.2, 0.25) is 27.6 Å². The van der Waals surface area contributed by atoms with Crippen molar-refractivity contribution in [2.45, 2.75) is 31.1 Å². The van der Waals surface area contributed by atoms with E-state index in [9.17, 15) is 17.6 Å². The maximum atomic E-state index is 13.1. The normalized spacial score (nSPS) is 15.4. The van der Waals surface area contributed by atoms with Crippen LogP contribution in [0, 0.1) is 12.7 Å². The molecule has 0 aliphatic carbocycles. The number of sulfonamides is 1. The molecule has 174 valence electrons. The molecule has 2 aromatic carbocycles. The Morgan fingerprint density at radius 3 is 2.48 bits per heavy atom. The summed E-state index contributed by atoms with van der Waals surface area (Å²) in [5.74, 6) is 0.215. The largest absolute Gasteiger partial charge is 0.341 e. The van der Waals surface area contributed by atoms with Crippen LogP contribution >= 0.6 is 0 Å². The second kappa shape index (κ2) is 9.80. The number of aryl methyl sites for hydroxylation is 2. The number of amides is 1. The van der Waals surface area contributed by atoms with Crippen LogP contribution in [-0.2, 0) is 21.2 Å². The van der Waals surface area contributed by atoms with Gasteiger partial charge in [0.15, 0.2) is 0 Å². The van der Waals surface area contributed by atoms with Gasteiger partial charge in [0.1, 0.15) is 5.82 Å². The van der Waals surface area contributed by atoms with E-state index < -0.39 is 10.0 Å². The zero-order chi connectivity index (χ0) is 23.4. The highest BCUT2D eigenvalue weighted by Crippen LogP contribution is 2.20. The summed E-state index contributed by atoms with van der Waals surface area (Å²) in [6, 6.07) is 12.5. The Morgan fingerprint density at radius 1 is 1.03 bits per heavy atom. The Morgan fingerprint density at radius 2 is 1.76 bits per heavy atom. The second-order valence-electron chi connectivity index (χ2n) is 7.97. The van der Waals surface area contributed by atoms with Gasteiger partial charge in [0.25, 0.3) is 0 Å². The van der Waals surface area contributed by atoms with Crippen LogP contribution in [0.3, 0.4) is 0 Å². The average Bonchev–Trinajstić information content (AvgIpc) is 3.13. The molecule has 10 heteroatoms. The molecule has 33 heavy (non-hydrogen) atoms. The zero-order valence-electron chi connectivity index (χ0n) is 18.3. The molecule has 1 saturated heterocycles. The smallest absolute Gasteiger partial charge is 0.243 e. The first-order valence-electron chi connectivity index (χ1n) is 10.8. The highest BCUT2D eigenvalue weighted by Gasteiger charge is 2.28. The van der Waals surface area contributed by atoms with Gasteiger partial charge >= 0.3 is 0 Å². The third kappa shape index (κ3) is 5.45. The van der Waals surface area contributed by atoms with Gasteiger partial charge < -0.3 is 9.42 Å². The van der Waals surface area contributed by atoms with Crippen LogP contribution in [0.1, 0.15) is 24.3 Å². The van der Waals surface area contributed by atoms with Crippen molar-refractivity contribution in [1.29, 1.82) is 0 Å². The van der Waals surface area contributed by atoms with Crippen LogP contribution in [0.4, 0.5) is 4.39 Å². The molecule has 0 atom stereocenters. The fraction of sp³-hybridized carbons (Fsp3) is 0.348. The van der Waals surface area contributed by atoms with Gasteiger partial charge in [-0.1, -0.05) is 22.9 Å². The van der Waals surface area contributed by atoms with Crippen LogP contribution in [0.2, 0.25) is 0 Å². The highest BCUT2D eigenvalue weighted by atomic mass is 32.2. The van der Waals surface area contributed by atoms with E-state index in [1.807, 2.05) is 6.92 Å². The topological polar surface area (TPSA) is 96.6 Å². The van der Waals surface area contributed by atoms with Gasteiger partial charge in [-0.2, -0.15) is 9.29 Å². The van der Waals surface area contributed by atoms with Gasteiger partial charge in [-0.05, 0) is 49.7 Å². The standard InChI is InChI=1S/C23H25FN4O4S/c1-17-3-9-20(10-4-17)33(30,31)28-14-2-13-27(15-16-28)22(29)12-11-21-25-23(26-32-21)18-5-7-19(24)8-6-18/h3-10H,2,11-16H2,1H3. The van der Waals surface area contributed by atoms with Crippen molar-refractivity contribution in [3.63, 3.8) is 0 Å².